The van der Waals surface area contributed by atoms with Crippen LogP contribution in [0.5, 0.6) is 5.75 Å². The smallest absolute Gasteiger partial charge is 0.306 e. The van der Waals surface area contributed by atoms with E-state index in [1.807, 2.05) is 0 Å². The Hall–Kier alpha value is -1.12. The normalized spacial score (nSPS) is 12.9. The Balaban J connectivity index is 2.87. The van der Waals surface area contributed by atoms with Gasteiger partial charge in [-0.2, -0.15) is 0 Å². The monoisotopic (exact) mass is 379 g/mol. The highest BCUT2D eigenvalue weighted by molar-refractivity contribution is 9.10. The molecule has 0 radical (unpaired) electrons. The summed E-state index contributed by atoms with van der Waals surface area (Å²) in [4.78, 5) is 10.7. The summed E-state index contributed by atoms with van der Waals surface area (Å²) in [6, 6.07) is 4.71. The minimum absolute atomic E-state index is 0.0294. The third-order valence-corrected chi connectivity index (χ3v) is 4.76. The molecule has 21 heavy (non-hydrogen) atoms. The van der Waals surface area contributed by atoms with Gasteiger partial charge in [-0.25, -0.2) is 13.1 Å². The highest BCUT2D eigenvalue weighted by Crippen LogP contribution is 2.27. The zero-order valence-electron chi connectivity index (χ0n) is 11.8. The molecule has 0 bridgehead atoms. The van der Waals surface area contributed by atoms with Crippen molar-refractivity contribution in [2.45, 2.75) is 25.2 Å². The van der Waals surface area contributed by atoms with E-state index in [-0.39, 0.29) is 23.6 Å². The van der Waals surface area contributed by atoms with Crippen molar-refractivity contribution in [2.75, 3.05) is 13.2 Å². The van der Waals surface area contributed by atoms with Gasteiger partial charge in [0.1, 0.15) is 10.6 Å². The molecule has 0 aromatic heterocycles. The van der Waals surface area contributed by atoms with Crippen LogP contribution < -0.4 is 9.46 Å². The van der Waals surface area contributed by atoms with E-state index in [1.54, 1.807) is 19.1 Å². The molecule has 0 saturated heterocycles. The van der Waals surface area contributed by atoms with Crippen molar-refractivity contribution < 1.29 is 23.1 Å². The summed E-state index contributed by atoms with van der Waals surface area (Å²) >= 11 is 3.22. The van der Waals surface area contributed by atoms with Crippen molar-refractivity contribution in [2.24, 2.45) is 5.92 Å². The number of rotatable bonds is 8. The molecule has 1 aromatic rings. The number of hydrogen-bond acceptors (Lipinski definition) is 4. The number of sulfonamides is 1. The molecule has 1 atom stereocenters. The molecule has 1 unspecified atom stereocenters. The minimum atomic E-state index is -3.75. The van der Waals surface area contributed by atoms with Gasteiger partial charge in [0.05, 0.1) is 12.5 Å². The van der Waals surface area contributed by atoms with E-state index < -0.39 is 21.9 Å². The van der Waals surface area contributed by atoms with Gasteiger partial charge < -0.3 is 9.84 Å². The van der Waals surface area contributed by atoms with Crippen LogP contribution in [0.3, 0.4) is 0 Å². The first-order chi connectivity index (χ1) is 9.77. The second-order valence-electron chi connectivity index (χ2n) is 4.45. The first kappa shape index (κ1) is 17.9. The van der Waals surface area contributed by atoms with Gasteiger partial charge in [-0.15, -0.1) is 0 Å². The maximum atomic E-state index is 12.3. The lowest BCUT2D eigenvalue weighted by Crippen LogP contribution is -2.27. The number of carbonyl (C=O) groups is 1. The summed E-state index contributed by atoms with van der Waals surface area (Å²) in [6.07, 6.45) is 0.215. The lowest BCUT2D eigenvalue weighted by Gasteiger charge is -2.13. The van der Waals surface area contributed by atoms with Gasteiger partial charge in [0.25, 0.3) is 0 Å². The number of hydrogen-bond donors (Lipinski definition) is 2. The van der Waals surface area contributed by atoms with E-state index in [1.165, 1.54) is 13.0 Å². The first-order valence-corrected chi connectivity index (χ1v) is 8.70. The molecule has 118 valence electrons. The molecule has 8 heteroatoms. The molecule has 0 heterocycles. The quantitative estimate of drug-likeness (QED) is 0.722. The molecule has 0 fully saturated rings. The van der Waals surface area contributed by atoms with E-state index in [0.717, 1.165) is 0 Å². The maximum absolute atomic E-state index is 12.3. The van der Waals surface area contributed by atoms with Crippen LogP contribution in [0.1, 0.15) is 20.3 Å². The van der Waals surface area contributed by atoms with Crippen LogP contribution in [0.4, 0.5) is 0 Å². The van der Waals surface area contributed by atoms with Crippen molar-refractivity contribution in [1.29, 1.82) is 0 Å². The van der Waals surface area contributed by atoms with Gasteiger partial charge in [0.2, 0.25) is 10.0 Å². The molecule has 0 aliphatic rings. The first-order valence-electron chi connectivity index (χ1n) is 6.42. The fraction of sp³-hybridized carbons (Fsp3) is 0.462. The predicted octanol–water partition coefficient (Wildman–Crippen LogP) is 2.24. The van der Waals surface area contributed by atoms with Crippen LogP contribution in [0.2, 0.25) is 0 Å². The highest BCUT2D eigenvalue weighted by Gasteiger charge is 2.20. The molecule has 0 aliphatic heterocycles. The molecule has 1 aromatic carbocycles. The lowest BCUT2D eigenvalue weighted by molar-refractivity contribution is -0.141. The number of nitrogens with one attached hydrogen (secondary N) is 1. The summed E-state index contributed by atoms with van der Waals surface area (Å²) in [6.45, 7) is 3.69. The summed E-state index contributed by atoms with van der Waals surface area (Å²) < 4.78 is 32.9. The number of halogens is 1. The van der Waals surface area contributed by atoms with Crippen molar-refractivity contribution in [3.63, 3.8) is 0 Å². The zero-order valence-corrected chi connectivity index (χ0v) is 14.2. The van der Waals surface area contributed by atoms with Gasteiger partial charge >= 0.3 is 5.97 Å². The molecule has 0 amide bonds. The molecular weight excluding hydrogens is 362 g/mol. The Bertz CT molecular complexity index is 603. The summed E-state index contributed by atoms with van der Waals surface area (Å²) in [5, 5.41) is 8.78. The Morgan fingerprint density at radius 1 is 1.48 bits per heavy atom. The van der Waals surface area contributed by atoms with Crippen LogP contribution in [0.25, 0.3) is 0 Å². The lowest BCUT2D eigenvalue weighted by atomic mass is 10.1. The maximum Gasteiger partial charge on any atom is 0.306 e. The van der Waals surface area contributed by atoms with Crippen LogP contribution in [-0.4, -0.2) is 32.6 Å². The summed E-state index contributed by atoms with van der Waals surface area (Å²) in [5.41, 5.74) is 0. The van der Waals surface area contributed by atoms with Crippen LogP contribution in [-0.2, 0) is 14.8 Å². The van der Waals surface area contributed by atoms with Crippen molar-refractivity contribution in [1.82, 2.24) is 4.72 Å². The average Bonchev–Trinajstić information content (AvgIpc) is 2.40. The third-order valence-electron chi connectivity index (χ3n) is 2.79. The van der Waals surface area contributed by atoms with Gasteiger partial charge in [-0.05, 0) is 31.5 Å². The highest BCUT2D eigenvalue weighted by atomic mass is 79.9. The molecule has 1 rings (SSSR count). The van der Waals surface area contributed by atoms with E-state index in [2.05, 4.69) is 20.7 Å². The van der Waals surface area contributed by atoms with Crippen LogP contribution in [0.15, 0.2) is 27.6 Å². The Labute approximate surface area is 132 Å². The van der Waals surface area contributed by atoms with Gasteiger partial charge in [-0.3, -0.25) is 4.79 Å². The average molecular weight is 380 g/mol. The topological polar surface area (TPSA) is 92.7 Å². The van der Waals surface area contributed by atoms with Gasteiger partial charge in [0, 0.05) is 11.0 Å². The largest absolute Gasteiger partial charge is 0.492 e. The Kier molecular flexibility index (Phi) is 6.63. The number of ether oxygens (including phenoxy) is 1. The fourth-order valence-electron chi connectivity index (χ4n) is 1.58. The van der Waals surface area contributed by atoms with Crippen molar-refractivity contribution in [3.05, 3.63) is 22.7 Å². The fourth-order valence-corrected chi connectivity index (χ4v) is 3.31. The molecule has 2 N–H and O–H groups in total. The van der Waals surface area contributed by atoms with Crippen molar-refractivity contribution >= 4 is 31.9 Å². The second kappa shape index (κ2) is 7.77. The van der Waals surface area contributed by atoms with E-state index in [0.29, 0.717) is 11.1 Å². The number of carboxylic acids is 1. The van der Waals surface area contributed by atoms with Crippen LogP contribution >= 0.6 is 15.9 Å². The van der Waals surface area contributed by atoms with Crippen LogP contribution in [0, 0.1) is 5.92 Å². The standard InChI is InChI=1S/C13H18BrNO5S/c1-3-20-11-5-4-10(14)8-12(11)21(18,19)15-7-6-9(2)13(16)17/h4-5,8-9,15H,3,6-7H2,1-2H3,(H,16,17). The predicted molar refractivity (Wildman–Crippen MR) is 81.9 cm³/mol. The molecule has 0 aliphatic carbocycles. The summed E-state index contributed by atoms with van der Waals surface area (Å²) in [7, 11) is -3.75. The van der Waals surface area contributed by atoms with Gasteiger partial charge in [0.15, 0.2) is 0 Å². The van der Waals surface area contributed by atoms with Crippen molar-refractivity contribution in [3.8, 4) is 5.75 Å². The minimum Gasteiger partial charge on any atom is -0.492 e. The number of carboxylic acid groups (broad SMARTS) is 1. The Morgan fingerprint density at radius 3 is 2.71 bits per heavy atom. The third kappa shape index (κ3) is 5.29. The second-order valence-corrected chi connectivity index (χ2v) is 7.10. The van der Waals surface area contributed by atoms with Gasteiger partial charge in [-0.1, -0.05) is 22.9 Å². The summed E-state index contributed by atoms with van der Waals surface area (Å²) in [5.74, 6) is -1.30. The zero-order chi connectivity index (χ0) is 16.0. The Morgan fingerprint density at radius 2 is 2.14 bits per heavy atom. The number of aliphatic carboxylic acids is 1. The molecule has 6 nitrogen and oxygen atoms in total. The van der Waals surface area contributed by atoms with E-state index in [9.17, 15) is 13.2 Å². The molecule has 0 spiro atoms. The SMILES string of the molecule is CCOc1ccc(Br)cc1S(=O)(=O)NCCC(C)C(=O)O. The molecular formula is C13H18BrNO5S. The van der Waals surface area contributed by atoms with E-state index >= 15 is 0 Å². The number of benzene rings is 1. The molecule has 0 saturated carbocycles. The van der Waals surface area contributed by atoms with E-state index in [4.69, 9.17) is 9.84 Å².